The minimum Gasteiger partial charge on any atom is -0.465 e. The summed E-state index contributed by atoms with van der Waals surface area (Å²) in [5.74, 6) is -1.39. The molecule has 0 atom stereocenters. The summed E-state index contributed by atoms with van der Waals surface area (Å²) in [6.45, 7) is 6.97. The fourth-order valence-corrected chi connectivity index (χ4v) is 4.45. The van der Waals surface area contributed by atoms with E-state index in [1.165, 1.54) is 13.2 Å². The molecule has 2 heterocycles. The van der Waals surface area contributed by atoms with Crippen LogP contribution in [0.5, 0.6) is 0 Å². The minimum atomic E-state index is -0.742. The number of carbonyl (C=O) groups is 2. The number of hydrogen-bond acceptors (Lipinski definition) is 6. The normalized spacial score (nSPS) is 17.5. The molecule has 174 valence electrons. The van der Waals surface area contributed by atoms with Gasteiger partial charge < -0.3 is 19.3 Å². The molecule has 32 heavy (non-hydrogen) atoms. The number of nitrogens with zero attached hydrogens (tertiary/aromatic N) is 4. The average Bonchev–Trinajstić information content (AvgIpc) is 3.46. The lowest BCUT2D eigenvalue weighted by molar-refractivity contribution is 0.0113. The molecule has 1 aliphatic carbocycles. The van der Waals surface area contributed by atoms with Crippen molar-refractivity contribution in [3.05, 3.63) is 23.6 Å². The molecule has 0 unspecified atom stereocenters. The Bertz CT molecular complexity index is 1030. The number of fused-ring (bicyclic) bond motifs is 1. The third kappa shape index (κ3) is 4.38. The van der Waals surface area contributed by atoms with Crippen LogP contribution in [0.25, 0.3) is 10.9 Å². The average molecular weight is 447 g/mol. The van der Waals surface area contributed by atoms with E-state index in [-0.39, 0.29) is 23.7 Å². The Hall–Kier alpha value is -2.84. The Labute approximate surface area is 187 Å². The topological polar surface area (TPSA) is 76.9 Å². The smallest absolute Gasteiger partial charge is 0.410 e. The Morgan fingerprint density at radius 3 is 2.34 bits per heavy atom. The molecule has 1 saturated heterocycles. The van der Waals surface area contributed by atoms with E-state index >= 15 is 0 Å². The van der Waals surface area contributed by atoms with Crippen molar-refractivity contribution in [1.29, 1.82) is 0 Å². The van der Waals surface area contributed by atoms with Gasteiger partial charge in [0.05, 0.1) is 12.8 Å². The van der Waals surface area contributed by atoms with E-state index in [0.29, 0.717) is 29.7 Å². The minimum absolute atomic E-state index is 0.0946. The molecule has 4 rings (SSSR count). The summed E-state index contributed by atoms with van der Waals surface area (Å²) in [5.41, 5.74) is 0.318. The van der Waals surface area contributed by atoms with Crippen molar-refractivity contribution in [3.63, 3.8) is 0 Å². The van der Waals surface area contributed by atoms with Gasteiger partial charge in [0.15, 0.2) is 0 Å². The van der Waals surface area contributed by atoms with Crippen LogP contribution in [0, 0.1) is 5.82 Å². The van der Waals surface area contributed by atoms with Crippen molar-refractivity contribution in [1.82, 2.24) is 14.7 Å². The van der Waals surface area contributed by atoms with E-state index < -0.39 is 17.4 Å². The highest BCUT2D eigenvalue weighted by Crippen LogP contribution is 2.36. The molecule has 2 fully saturated rings. The van der Waals surface area contributed by atoms with E-state index in [1.54, 1.807) is 17.9 Å². The second-order valence-electron chi connectivity index (χ2n) is 9.65. The van der Waals surface area contributed by atoms with Gasteiger partial charge in [-0.1, -0.05) is 0 Å². The highest BCUT2D eigenvalue weighted by molar-refractivity contribution is 6.07. The fourth-order valence-electron chi connectivity index (χ4n) is 4.45. The summed E-state index contributed by atoms with van der Waals surface area (Å²) in [4.78, 5) is 29.0. The number of piperidine rings is 1. The molecular formula is C23H31FN4O4. The second-order valence-corrected chi connectivity index (χ2v) is 9.65. The SMILES string of the molecule is COC(=O)c1c(F)cc(N2CCC(N(C(=O)OC(C)(C)C)C3CC3)CC2)c2cn(C)nc12. The number of esters is 1. The molecule has 1 saturated carbocycles. The van der Waals surface area contributed by atoms with Gasteiger partial charge in [-0.2, -0.15) is 5.10 Å². The lowest BCUT2D eigenvalue weighted by Crippen LogP contribution is -2.50. The first kappa shape index (κ1) is 22.4. The van der Waals surface area contributed by atoms with Crippen LogP contribution in [0.4, 0.5) is 14.9 Å². The number of hydrogen-bond donors (Lipinski definition) is 0. The van der Waals surface area contributed by atoms with Gasteiger partial charge in [0.1, 0.15) is 22.5 Å². The maximum atomic E-state index is 14.9. The molecule has 1 aromatic heterocycles. The van der Waals surface area contributed by atoms with Crippen molar-refractivity contribution >= 4 is 28.7 Å². The van der Waals surface area contributed by atoms with Crippen LogP contribution in [0.15, 0.2) is 12.3 Å². The molecule has 9 heteroatoms. The van der Waals surface area contributed by atoms with Crippen molar-refractivity contribution in [3.8, 4) is 0 Å². The Morgan fingerprint density at radius 2 is 1.78 bits per heavy atom. The van der Waals surface area contributed by atoms with E-state index in [4.69, 9.17) is 9.47 Å². The number of benzene rings is 1. The number of rotatable bonds is 4. The largest absolute Gasteiger partial charge is 0.465 e. The zero-order valence-electron chi connectivity index (χ0n) is 19.4. The van der Waals surface area contributed by atoms with Gasteiger partial charge in [0.2, 0.25) is 0 Å². The zero-order valence-corrected chi connectivity index (χ0v) is 19.4. The Kier molecular flexibility index (Phi) is 5.77. The molecular weight excluding hydrogens is 415 g/mol. The number of carbonyl (C=O) groups excluding carboxylic acids is 2. The molecule has 2 aromatic rings. The van der Waals surface area contributed by atoms with E-state index in [0.717, 1.165) is 25.7 Å². The third-order valence-corrected chi connectivity index (χ3v) is 5.98. The van der Waals surface area contributed by atoms with Crippen LogP contribution in [0.3, 0.4) is 0 Å². The lowest BCUT2D eigenvalue weighted by Gasteiger charge is -2.40. The number of halogens is 1. The summed E-state index contributed by atoms with van der Waals surface area (Å²) >= 11 is 0. The summed E-state index contributed by atoms with van der Waals surface area (Å²) in [5, 5.41) is 5.02. The van der Waals surface area contributed by atoms with Crippen molar-refractivity contribution < 1.29 is 23.5 Å². The number of anilines is 1. The highest BCUT2D eigenvalue weighted by Gasteiger charge is 2.41. The van der Waals surface area contributed by atoms with E-state index in [2.05, 4.69) is 10.00 Å². The summed E-state index contributed by atoms with van der Waals surface area (Å²) < 4.78 is 26.9. The van der Waals surface area contributed by atoms with Gasteiger partial charge in [-0.3, -0.25) is 4.68 Å². The number of methoxy groups -OCH3 is 1. The summed E-state index contributed by atoms with van der Waals surface area (Å²) in [6.07, 6.45) is 5.09. The summed E-state index contributed by atoms with van der Waals surface area (Å²) in [7, 11) is 2.97. The number of amides is 1. The number of aryl methyl sites for hydroxylation is 1. The zero-order chi connectivity index (χ0) is 23.2. The first-order valence-corrected chi connectivity index (χ1v) is 11.1. The molecule has 1 amide bonds. The van der Waals surface area contributed by atoms with Crippen molar-refractivity contribution in [2.24, 2.45) is 7.05 Å². The lowest BCUT2D eigenvalue weighted by atomic mass is 10.0. The van der Waals surface area contributed by atoms with Gasteiger partial charge in [0, 0.05) is 43.8 Å². The standard InChI is InChI=1S/C23H31FN4O4/c1-23(2,3)32-22(30)28(14-6-7-14)15-8-10-27(11-9-15)18-12-17(24)19(21(29)31-5)20-16(18)13-26(4)25-20/h12-15H,6-11H2,1-5H3. The Balaban J connectivity index is 1.56. The molecule has 1 aliphatic heterocycles. The second kappa shape index (κ2) is 8.26. The number of aromatic nitrogens is 2. The monoisotopic (exact) mass is 446 g/mol. The van der Waals surface area contributed by atoms with E-state index in [9.17, 15) is 14.0 Å². The van der Waals surface area contributed by atoms with Crippen LogP contribution in [0.2, 0.25) is 0 Å². The molecule has 8 nitrogen and oxygen atoms in total. The maximum absolute atomic E-state index is 14.9. The molecule has 1 aromatic carbocycles. The van der Waals surface area contributed by atoms with Crippen LogP contribution in [-0.2, 0) is 16.5 Å². The van der Waals surface area contributed by atoms with Crippen molar-refractivity contribution in [2.75, 3.05) is 25.1 Å². The maximum Gasteiger partial charge on any atom is 0.410 e. The number of ether oxygens (including phenoxy) is 2. The summed E-state index contributed by atoms with van der Waals surface area (Å²) in [6, 6.07) is 1.74. The van der Waals surface area contributed by atoms with Crippen LogP contribution >= 0.6 is 0 Å². The quantitative estimate of drug-likeness (QED) is 0.664. The molecule has 0 spiro atoms. The Morgan fingerprint density at radius 1 is 1.16 bits per heavy atom. The first-order valence-electron chi connectivity index (χ1n) is 11.1. The third-order valence-electron chi connectivity index (χ3n) is 5.98. The molecule has 0 N–H and O–H groups in total. The van der Waals surface area contributed by atoms with Crippen LogP contribution < -0.4 is 4.90 Å². The van der Waals surface area contributed by atoms with Gasteiger partial charge in [-0.15, -0.1) is 0 Å². The van der Waals surface area contributed by atoms with Gasteiger partial charge in [-0.05, 0) is 52.5 Å². The molecule has 0 radical (unpaired) electrons. The van der Waals surface area contributed by atoms with Crippen LogP contribution in [-0.4, -0.2) is 64.6 Å². The first-order chi connectivity index (χ1) is 15.1. The van der Waals surface area contributed by atoms with Crippen LogP contribution in [0.1, 0.15) is 56.8 Å². The molecule has 0 bridgehead atoms. The van der Waals surface area contributed by atoms with E-state index in [1.807, 2.05) is 25.7 Å². The fraction of sp³-hybridized carbons (Fsp3) is 0.609. The predicted octanol–water partition coefficient (Wildman–Crippen LogP) is 3.87. The predicted molar refractivity (Wildman–Crippen MR) is 118 cm³/mol. The van der Waals surface area contributed by atoms with Gasteiger partial charge in [0.25, 0.3) is 0 Å². The van der Waals surface area contributed by atoms with Crippen molar-refractivity contribution in [2.45, 2.75) is 64.1 Å². The molecule has 2 aliphatic rings. The van der Waals surface area contributed by atoms with Gasteiger partial charge >= 0.3 is 12.1 Å². The highest BCUT2D eigenvalue weighted by atomic mass is 19.1. The van der Waals surface area contributed by atoms with Gasteiger partial charge in [-0.25, -0.2) is 14.0 Å².